The molecule has 0 amide bonds. The Morgan fingerprint density at radius 1 is 1.33 bits per heavy atom. The minimum absolute atomic E-state index is 1.17. The molecule has 0 fully saturated rings. The Labute approximate surface area is 65.2 Å². The van der Waals surface area contributed by atoms with Gasteiger partial charge in [0, 0.05) is 5.75 Å². The molecular weight excluding hydrogens is 148 g/mol. The summed E-state index contributed by atoms with van der Waals surface area (Å²) in [5.74, 6) is 1.17. The van der Waals surface area contributed by atoms with E-state index >= 15 is 0 Å². The van der Waals surface area contributed by atoms with E-state index in [1.54, 1.807) is 10.8 Å². The van der Waals surface area contributed by atoms with Crippen molar-refractivity contribution in [2.45, 2.75) is 13.8 Å². The first-order valence-corrected chi connectivity index (χ1v) is 5.36. The molecule has 0 spiro atoms. The summed E-state index contributed by atoms with van der Waals surface area (Å²) >= 11 is 0. The van der Waals surface area contributed by atoms with Gasteiger partial charge in [-0.15, -0.1) is 0 Å². The van der Waals surface area contributed by atoms with Gasteiger partial charge in [0.05, 0.1) is 0 Å². The van der Waals surface area contributed by atoms with Crippen LogP contribution in [0.5, 0.6) is 0 Å². The van der Waals surface area contributed by atoms with Crippen LogP contribution in [-0.2, 0) is 0 Å². The minimum atomic E-state index is 1.17. The van der Waals surface area contributed by atoms with Gasteiger partial charge in [-0.05, 0) is 12.3 Å². The molecule has 0 N–H and O–H groups in total. The van der Waals surface area contributed by atoms with Crippen molar-refractivity contribution in [3.8, 4) is 0 Å². The summed E-state index contributed by atoms with van der Waals surface area (Å²) in [6, 6.07) is 0. The van der Waals surface area contributed by atoms with Gasteiger partial charge < -0.3 is 0 Å². The zero-order valence-electron chi connectivity index (χ0n) is 5.83. The lowest BCUT2D eigenvalue weighted by Crippen LogP contribution is -1.52. The summed E-state index contributed by atoms with van der Waals surface area (Å²) in [6.45, 7) is 4.17. The molecule has 0 aromatic rings. The van der Waals surface area contributed by atoms with Crippen molar-refractivity contribution >= 4 is 21.6 Å². The van der Waals surface area contributed by atoms with Gasteiger partial charge in [0.2, 0.25) is 0 Å². The highest BCUT2D eigenvalue weighted by atomic mass is 33.1. The summed E-state index contributed by atoms with van der Waals surface area (Å²) in [4.78, 5) is 0. The Kier molecular flexibility index (Phi) is 8.34. The third-order valence-electron chi connectivity index (χ3n) is 0.624. The lowest BCUT2D eigenvalue weighted by Gasteiger charge is -1.84. The summed E-state index contributed by atoms with van der Waals surface area (Å²) < 4.78 is 0. The maximum atomic E-state index is 2.15. The second kappa shape index (κ2) is 8.18. The van der Waals surface area contributed by atoms with Crippen molar-refractivity contribution in [2.75, 3.05) is 5.75 Å². The van der Waals surface area contributed by atoms with Gasteiger partial charge in [-0.3, -0.25) is 0 Å². The third kappa shape index (κ3) is 8.18. The molecule has 0 aromatic heterocycles. The molecule has 2 heteroatoms. The molecule has 0 rings (SSSR count). The molecule has 0 radical (unpaired) electrons. The molecular formula is C7H12S2. The van der Waals surface area contributed by atoms with E-state index in [2.05, 4.69) is 12.3 Å². The normalized spacial score (nSPS) is 11.8. The molecule has 0 heterocycles. The SMILES string of the molecule is CC=C/C=C/SSCC. The Morgan fingerprint density at radius 2 is 2.11 bits per heavy atom. The van der Waals surface area contributed by atoms with Crippen molar-refractivity contribution in [1.29, 1.82) is 0 Å². The van der Waals surface area contributed by atoms with Crippen LogP contribution in [-0.4, -0.2) is 5.75 Å². The Bertz CT molecular complexity index is 95.1. The van der Waals surface area contributed by atoms with Crippen LogP contribution in [0.4, 0.5) is 0 Å². The van der Waals surface area contributed by atoms with Crippen molar-refractivity contribution in [3.63, 3.8) is 0 Å². The van der Waals surface area contributed by atoms with Crippen LogP contribution in [0.1, 0.15) is 13.8 Å². The van der Waals surface area contributed by atoms with Crippen molar-refractivity contribution < 1.29 is 0 Å². The number of hydrogen-bond donors (Lipinski definition) is 0. The van der Waals surface area contributed by atoms with Gasteiger partial charge in [0.1, 0.15) is 0 Å². The fourth-order valence-electron chi connectivity index (χ4n) is 0.296. The van der Waals surface area contributed by atoms with Crippen LogP contribution < -0.4 is 0 Å². The fraction of sp³-hybridized carbons (Fsp3) is 0.429. The lowest BCUT2D eigenvalue weighted by atomic mass is 10.5. The van der Waals surface area contributed by atoms with Crippen LogP contribution in [0.25, 0.3) is 0 Å². The van der Waals surface area contributed by atoms with Gasteiger partial charge in [-0.25, -0.2) is 0 Å². The Hall–Kier alpha value is 0.180. The molecule has 52 valence electrons. The third-order valence-corrected chi connectivity index (χ3v) is 2.71. The van der Waals surface area contributed by atoms with E-state index in [0.717, 1.165) is 0 Å². The molecule has 0 saturated heterocycles. The molecule has 0 aliphatic carbocycles. The predicted molar refractivity (Wildman–Crippen MR) is 49.7 cm³/mol. The zero-order chi connectivity index (χ0) is 6.95. The first-order chi connectivity index (χ1) is 4.41. The van der Waals surface area contributed by atoms with Crippen LogP contribution in [0.3, 0.4) is 0 Å². The molecule has 0 aliphatic heterocycles. The van der Waals surface area contributed by atoms with Crippen LogP contribution >= 0.6 is 21.6 Å². The maximum Gasteiger partial charge on any atom is 0.00117 e. The van der Waals surface area contributed by atoms with E-state index in [-0.39, 0.29) is 0 Å². The molecule has 0 unspecified atom stereocenters. The zero-order valence-corrected chi connectivity index (χ0v) is 7.47. The van der Waals surface area contributed by atoms with E-state index in [0.29, 0.717) is 0 Å². The van der Waals surface area contributed by atoms with Gasteiger partial charge in [-0.2, -0.15) is 0 Å². The van der Waals surface area contributed by atoms with Crippen molar-refractivity contribution in [1.82, 2.24) is 0 Å². The highest BCUT2D eigenvalue weighted by Crippen LogP contribution is 2.20. The maximum absolute atomic E-state index is 2.15. The molecule has 0 nitrogen and oxygen atoms in total. The monoisotopic (exact) mass is 160 g/mol. The van der Waals surface area contributed by atoms with E-state index in [9.17, 15) is 0 Å². The highest BCUT2D eigenvalue weighted by Gasteiger charge is 1.74. The van der Waals surface area contributed by atoms with Crippen LogP contribution in [0.2, 0.25) is 0 Å². The quantitative estimate of drug-likeness (QED) is 0.351. The van der Waals surface area contributed by atoms with Crippen LogP contribution in [0.15, 0.2) is 23.6 Å². The molecule has 0 saturated carbocycles. The van der Waals surface area contributed by atoms with Gasteiger partial charge in [-0.1, -0.05) is 46.7 Å². The van der Waals surface area contributed by atoms with E-state index in [1.807, 2.05) is 35.9 Å². The summed E-state index contributed by atoms with van der Waals surface area (Å²) in [7, 11) is 3.63. The Morgan fingerprint density at radius 3 is 2.67 bits per heavy atom. The second-order valence-electron chi connectivity index (χ2n) is 1.36. The number of hydrogen-bond acceptors (Lipinski definition) is 2. The Balaban J connectivity index is 3.04. The average Bonchev–Trinajstić information content (AvgIpc) is 1.89. The van der Waals surface area contributed by atoms with Gasteiger partial charge >= 0.3 is 0 Å². The first-order valence-electron chi connectivity index (χ1n) is 2.98. The highest BCUT2D eigenvalue weighted by molar-refractivity contribution is 8.77. The van der Waals surface area contributed by atoms with Gasteiger partial charge in [0.15, 0.2) is 0 Å². The standard InChI is InChI=1S/C7H12S2/c1-3-5-6-7-9-8-4-2/h3,5-7H,4H2,1-2H3/b5-3?,7-6+. The fourth-order valence-corrected chi connectivity index (χ4v) is 1.50. The van der Waals surface area contributed by atoms with Crippen molar-refractivity contribution in [2.24, 2.45) is 0 Å². The van der Waals surface area contributed by atoms with Crippen molar-refractivity contribution in [3.05, 3.63) is 23.6 Å². The predicted octanol–water partition coefficient (Wildman–Crippen LogP) is 3.48. The minimum Gasteiger partial charge on any atom is -0.0898 e. The summed E-state index contributed by atoms with van der Waals surface area (Å²) in [5, 5.41) is 2.09. The van der Waals surface area contributed by atoms with E-state index in [1.165, 1.54) is 5.75 Å². The molecule has 0 aliphatic rings. The lowest BCUT2D eigenvalue weighted by molar-refractivity contribution is 1.54. The summed E-state index contributed by atoms with van der Waals surface area (Å²) in [5.41, 5.74) is 0. The molecule has 9 heavy (non-hydrogen) atoms. The summed E-state index contributed by atoms with van der Waals surface area (Å²) in [6.07, 6.45) is 6.10. The largest absolute Gasteiger partial charge is 0.0898 e. The molecule has 0 bridgehead atoms. The first kappa shape index (κ1) is 9.18. The molecule has 0 atom stereocenters. The van der Waals surface area contributed by atoms with E-state index in [4.69, 9.17) is 0 Å². The number of allylic oxidation sites excluding steroid dienone is 3. The molecule has 0 aromatic carbocycles. The smallest absolute Gasteiger partial charge is 0.00117 e. The van der Waals surface area contributed by atoms with Crippen LogP contribution in [0, 0.1) is 0 Å². The van der Waals surface area contributed by atoms with E-state index < -0.39 is 0 Å². The number of rotatable bonds is 4. The second-order valence-corrected chi connectivity index (χ2v) is 3.92. The topological polar surface area (TPSA) is 0 Å². The van der Waals surface area contributed by atoms with Gasteiger partial charge in [0.25, 0.3) is 0 Å². The average molecular weight is 160 g/mol.